The number of β-amino-alcohol motifs (C(OH)–C–C–N with tert-alkyl or cyclic N) is 1. The van der Waals surface area contributed by atoms with Crippen LogP contribution in [-0.2, 0) is 0 Å². The van der Waals surface area contributed by atoms with E-state index in [9.17, 15) is 5.11 Å². The molecule has 4 aromatic rings. The minimum atomic E-state index is -0.619. The zero-order chi connectivity index (χ0) is 25.2. The molecule has 1 aliphatic heterocycles. The number of rotatable bonds is 8. The monoisotopic (exact) mass is 530 g/mol. The Morgan fingerprint density at radius 2 is 1.89 bits per heavy atom. The molecule has 0 aliphatic carbocycles. The third kappa shape index (κ3) is 5.47. The molecule has 0 bridgehead atoms. The van der Waals surface area contributed by atoms with Crippen molar-refractivity contribution in [3.63, 3.8) is 0 Å². The minimum absolute atomic E-state index is 0.178. The number of aliphatic hydroxyl groups is 1. The van der Waals surface area contributed by atoms with Crippen molar-refractivity contribution in [1.29, 1.82) is 0 Å². The van der Waals surface area contributed by atoms with E-state index in [0.717, 1.165) is 31.3 Å². The number of hydrogen-bond acceptors (Lipinski definition) is 8. The predicted octanol–water partition coefficient (Wildman–Crippen LogP) is 5.47. The molecule has 1 saturated heterocycles. The van der Waals surface area contributed by atoms with Gasteiger partial charge < -0.3 is 28.5 Å². The first kappa shape index (κ1) is 24.9. The lowest BCUT2D eigenvalue weighted by Gasteiger charge is -2.33. The number of hydrogen-bond donors (Lipinski definition) is 1. The molecule has 1 unspecified atom stereocenters. The Bertz CT molecular complexity index is 1330. The molecule has 36 heavy (non-hydrogen) atoms. The van der Waals surface area contributed by atoms with Gasteiger partial charge in [0.25, 0.3) is 5.89 Å². The summed E-state index contributed by atoms with van der Waals surface area (Å²) in [5.41, 5.74) is 1.87. The largest absolute Gasteiger partial charge is 0.490 e. The summed E-state index contributed by atoms with van der Waals surface area (Å²) in [6.07, 6.45) is 1.40. The number of fused-ring (bicyclic) bond motifs is 1. The summed E-state index contributed by atoms with van der Waals surface area (Å²) in [6.45, 7) is 2.54. The van der Waals surface area contributed by atoms with E-state index in [-0.39, 0.29) is 6.61 Å². The first-order chi connectivity index (χ1) is 17.4. The molecule has 5 rings (SSSR count). The van der Waals surface area contributed by atoms with E-state index >= 15 is 0 Å². The average molecular weight is 531 g/mol. The second-order valence-electron chi connectivity index (χ2n) is 9.28. The van der Waals surface area contributed by atoms with Crippen LogP contribution in [0.15, 0.2) is 51.3 Å². The molecular weight excluding hydrogens is 503 g/mol. The van der Waals surface area contributed by atoms with E-state index in [2.05, 4.69) is 21.2 Å². The molecule has 0 spiro atoms. The van der Waals surface area contributed by atoms with Gasteiger partial charge in [-0.25, -0.2) is 0 Å². The van der Waals surface area contributed by atoms with Gasteiger partial charge in [-0.3, -0.25) is 0 Å². The normalized spacial score (nSPS) is 15.9. The Kier molecular flexibility index (Phi) is 7.39. The van der Waals surface area contributed by atoms with Crippen molar-refractivity contribution in [2.75, 3.05) is 45.2 Å². The molecule has 0 amide bonds. The second kappa shape index (κ2) is 10.7. The van der Waals surface area contributed by atoms with Gasteiger partial charge in [0, 0.05) is 26.7 Å². The molecule has 1 aliphatic rings. The van der Waals surface area contributed by atoms with Crippen molar-refractivity contribution >= 4 is 40.2 Å². The van der Waals surface area contributed by atoms with Gasteiger partial charge in [0.15, 0.2) is 5.76 Å². The van der Waals surface area contributed by atoms with Crippen LogP contribution < -0.4 is 9.64 Å². The molecule has 8 nitrogen and oxygen atoms in total. The quantitative estimate of drug-likeness (QED) is 0.320. The maximum atomic E-state index is 10.7. The predicted molar refractivity (Wildman–Crippen MR) is 140 cm³/mol. The Balaban J connectivity index is 1.16. The highest BCUT2D eigenvalue weighted by Gasteiger charge is 2.23. The number of halogens is 2. The fraction of sp³-hybridized carbons (Fsp3) is 0.385. The van der Waals surface area contributed by atoms with E-state index in [0.29, 0.717) is 51.5 Å². The van der Waals surface area contributed by atoms with Gasteiger partial charge in [0.05, 0.1) is 15.4 Å². The summed E-state index contributed by atoms with van der Waals surface area (Å²) in [4.78, 5) is 4.00. The van der Waals surface area contributed by atoms with Crippen LogP contribution in [0.3, 0.4) is 0 Å². The molecule has 1 fully saturated rings. The Morgan fingerprint density at radius 3 is 2.61 bits per heavy atom. The number of likely N-dealkylation sites (tertiary alicyclic amines) is 1. The number of aromatic nitrogens is 2. The first-order valence-electron chi connectivity index (χ1n) is 11.9. The van der Waals surface area contributed by atoms with Crippen LogP contribution in [0.2, 0.25) is 10.0 Å². The molecule has 10 heteroatoms. The van der Waals surface area contributed by atoms with Crippen LogP contribution in [0, 0.1) is 0 Å². The van der Waals surface area contributed by atoms with Crippen molar-refractivity contribution < 1.29 is 18.7 Å². The van der Waals surface area contributed by atoms with E-state index in [4.69, 9.17) is 36.8 Å². The summed E-state index contributed by atoms with van der Waals surface area (Å²) < 4.78 is 17.5. The van der Waals surface area contributed by atoms with E-state index in [1.165, 1.54) is 5.56 Å². The van der Waals surface area contributed by atoms with Crippen LogP contribution >= 0.6 is 23.2 Å². The molecule has 1 atom stereocenters. The molecule has 0 radical (unpaired) electrons. The van der Waals surface area contributed by atoms with Crippen molar-refractivity contribution in [1.82, 2.24) is 15.1 Å². The van der Waals surface area contributed by atoms with Gasteiger partial charge in [-0.05, 0) is 61.7 Å². The molecule has 3 heterocycles. The summed E-state index contributed by atoms with van der Waals surface area (Å²) >= 11 is 12.2. The lowest BCUT2D eigenvalue weighted by molar-refractivity contribution is 0.0599. The zero-order valence-electron chi connectivity index (χ0n) is 20.2. The average Bonchev–Trinajstić information content (AvgIpc) is 3.53. The Hall–Kier alpha value is -2.78. The van der Waals surface area contributed by atoms with Gasteiger partial charge in [-0.15, -0.1) is 5.10 Å². The van der Waals surface area contributed by atoms with Crippen LogP contribution in [0.25, 0.3) is 22.6 Å². The number of ether oxygens (including phenoxy) is 1. The number of anilines is 1. The summed E-state index contributed by atoms with van der Waals surface area (Å²) in [7, 11) is 3.65. The van der Waals surface area contributed by atoms with Gasteiger partial charge in [0.2, 0.25) is 0 Å². The van der Waals surface area contributed by atoms with Gasteiger partial charge in [-0.1, -0.05) is 40.4 Å². The SMILES string of the molecule is CN(C)c1nnc(-c2cc3c(OCC(O)CN4CCC(c5ccc(Cl)c(Cl)c5)CC4)cccc3o2)o1. The lowest BCUT2D eigenvalue weighted by atomic mass is 9.89. The molecule has 2 aromatic heterocycles. The summed E-state index contributed by atoms with van der Waals surface area (Å²) in [6, 6.07) is 13.7. The third-order valence-corrected chi connectivity index (χ3v) is 7.17. The van der Waals surface area contributed by atoms with Crippen LogP contribution in [-0.4, -0.2) is 66.6 Å². The first-order valence-corrected chi connectivity index (χ1v) is 12.6. The summed E-state index contributed by atoms with van der Waals surface area (Å²) in [5, 5.41) is 20.7. The Labute approximate surface area is 219 Å². The van der Waals surface area contributed by atoms with Crippen molar-refractivity contribution in [3.05, 3.63) is 58.1 Å². The van der Waals surface area contributed by atoms with E-state index in [1.807, 2.05) is 50.5 Å². The van der Waals surface area contributed by atoms with Crippen LogP contribution in [0.5, 0.6) is 5.75 Å². The molecule has 2 aromatic carbocycles. The summed E-state index contributed by atoms with van der Waals surface area (Å²) in [5.74, 6) is 1.84. The number of aliphatic hydroxyl groups excluding tert-OH is 1. The van der Waals surface area contributed by atoms with Crippen LogP contribution in [0.4, 0.5) is 6.01 Å². The number of benzene rings is 2. The standard InChI is InChI=1S/C26H28Cl2N4O4/c1-31(2)26-30-29-25(36-26)24-13-19-22(4-3-5-23(19)35-24)34-15-18(33)14-32-10-8-16(9-11-32)17-6-7-20(27)21(28)12-17/h3-7,12-13,16,18,33H,8-11,14-15H2,1-2H3. The smallest absolute Gasteiger partial charge is 0.318 e. The topological polar surface area (TPSA) is 88.0 Å². The Morgan fingerprint density at radius 1 is 1.08 bits per heavy atom. The highest BCUT2D eigenvalue weighted by atomic mass is 35.5. The number of nitrogens with zero attached hydrogens (tertiary/aromatic N) is 4. The number of piperidine rings is 1. The lowest BCUT2D eigenvalue weighted by Crippen LogP contribution is -2.40. The van der Waals surface area contributed by atoms with Crippen LogP contribution in [0.1, 0.15) is 24.3 Å². The fourth-order valence-corrected chi connectivity index (χ4v) is 4.82. The highest BCUT2D eigenvalue weighted by Crippen LogP contribution is 2.34. The molecule has 0 saturated carbocycles. The number of furan rings is 1. The van der Waals surface area contributed by atoms with Crippen molar-refractivity contribution in [2.45, 2.75) is 24.9 Å². The molecular formula is C26H28Cl2N4O4. The zero-order valence-corrected chi connectivity index (χ0v) is 21.7. The maximum Gasteiger partial charge on any atom is 0.318 e. The second-order valence-corrected chi connectivity index (χ2v) is 10.1. The van der Waals surface area contributed by atoms with Crippen molar-refractivity contribution in [3.8, 4) is 17.4 Å². The fourth-order valence-electron chi connectivity index (χ4n) is 4.51. The molecule has 1 N–H and O–H groups in total. The van der Waals surface area contributed by atoms with Gasteiger partial charge in [-0.2, -0.15) is 0 Å². The maximum absolute atomic E-state index is 10.7. The highest BCUT2D eigenvalue weighted by molar-refractivity contribution is 6.42. The van der Waals surface area contributed by atoms with Gasteiger partial charge >= 0.3 is 6.01 Å². The van der Waals surface area contributed by atoms with E-state index < -0.39 is 6.10 Å². The third-order valence-electron chi connectivity index (χ3n) is 6.43. The van der Waals surface area contributed by atoms with Gasteiger partial charge in [0.1, 0.15) is 24.0 Å². The van der Waals surface area contributed by atoms with Crippen molar-refractivity contribution in [2.24, 2.45) is 0 Å². The molecule has 190 valence electrons. The van der Waals surface area contributed by atoms with E-state index in [1.54, 1.807) is 4.90 Å². The minimum Gasteiger partial charge on any atom is -0.490 e.